The molecule has 1 aliphatic rings. The van der Waals surface area contributed by atoms with E-state index in [0.29, 0.717) is 5.92 Å². The van der Waals surface area contributed by atoms with Gasteiger partial charge >= 0.3 is 0 Å². The standard InChI is InChI=1S/C24H22N6S/c1-2-4-16(5-3-1)17-8-11-30(12-9-17)24-27-21-10-13-31-22(21)23(28-24)26-19-6-7-20-18(14-19)15-25-29-20/h1-7,10,13-15,17H,8-9,11-12H2,(H,25,29)(H,26,27,28). The molecule has 7 heteroatoms. The maximum atomic E-state index is 4.95. The lowest BCUT2D eigenvalue weighted by molar-refractivity contribution is 0.500. The van der Waals surface area contributed by atoms with Crippen molar-refractivity contribution in [3.8, 4) is 0 Å². The van der Waals surface area contributed by atoms with Crippen molar-refractivity contribution in [2.75, 3.05) is 23.3 Å². The minimum Gasteiger partial charge on any atom is -0.341 e. The molecule has 0 atom stereocenters. The summed E-state index contributed by atoms with van der Waals surface area (Å²) >= 11 is 1.67. The molecule has 4 heterocycles. The van der Waals surface area contributed by atoms with Crippen LogP contribution in [0.2, 0.25) is 0 Å². The van der Waals surface area contributed by atoms with E-state index in [1.54, 1.807) is 11.3 Å². The molecule has 0 radical (unpaired) electrons. The van der Waals surface area contributed by atoms with Gasteiger partial charge in [0.25, 0.3) is 0 Å². The number of hydrogen-bond donors (Lipinski definition) is 2. The van der Waals surface area contributed by atoms with Gasteiger partial charge in [0.2, 0.25) is 5.95 Å². The van der Waals surface area contributed by atoms with Crippen molar-refractivity contribution >= 4 is 49.9 Å². The van der Waals surface area contributed by atoms with Gasteiger partial charge in [-0.2, -0.15) is 10.1 Å². The number of aromatic nitrogens is 4. The summed E-state index contributed by atoms with van der Waals surface area (Å²) in [5.41, 5.74) is 4.45. The predicted molar refractivity (Wildman–Crippen MR) is 127 cm³/mol. The van der Waals surface area contributed by atoms with Crippen molar-refractivity contribution in [2.24, 2.45) is 0 Å². The zero-order chi connectivity index (χ0) is 20.6. The summed E-state index contributed by atoms with van der Waals surface area (Å²) in [4.78, 5) is 12.1. The second-order valence-electron chi connectivity index (χ2n) is 7.98. The quantitative estimate of drug-likeness (QED) is 0.386. The van der Waals surface area contributed by atoms with Gasteiger partial charge in [0.15, 0.2) is 5.82 Å². The Bertz CT molecular complexity index is 1330. The summed E-state index contributed by atoms with van der Waals surface area (Å²) in [5.74, 6) is 2.29. The Morgan fingerprint density at radius 2 is 1.87 bits per heavy atom. The lowest BCUT2D eigenvalue weighted by Gasteiger charge is -2.32. The largest absolute Gasteiger partial charge is 0.341 e. The Labute approximate surface area is 184 Å². The molecule has 0 aliphatic carbocycles. The second-order valence-corrected chi connectivity index (χ2v) is 8.89. The first-order chi connectivity index (χ1) is 15.3. The van der Waals surface area contributed by atoms with Crippen LogP contribution in [0.25, 0.3) is 21.1 Å². The van der Waals surface area contributed by atoms with E-state index in [1.165, 1.54) is 5.56 Å². The highest BCUT2D eigenvalue weighted by Gasteiger charge is 2.23. The van der Waals surface area contributed by atoms with E-state index >= 15 is 0 Å². The van der Waals surface area contributed by atoms with Crippen molar-refractivity contribution < 1.29 is 0 Å². The third-order valence-corrected chi connectivity index (χ3v) is 6.95. The minimum atomic E-state index is 0.613. The number of aromatic amines is 1. The molecule has 1 fully saturated rings. The van der Waals surface area contributed by atoms with E-state index in [4.69, 9.17) is 9.97 Å². The molecular formula is C24H22N6S. The van der Waals surface area contributed by atoms with Gasteiger partial charge in [-0.15, -0.1) is 11.3 Å². The predicted octanol–water partition coefficient (Wildman–Crippen LogP) is 5.70. The molecular weight excluding hydrogens is 404 g/mol. The van der Waals surface area contributed by atoms with Crippen molar-refractivity contribution in [1.29, 1.82) is 0 Å². The molecule has 0 bridgehead atoms. The highest BCUT2D eigenvalue weighted by atomic mass is 32.1. The lowest BCUT2D eigenvalue weighted by Crippen LogP contribution is -2.34. The maximum absolute atomic E-state index is 4.95. The highest BCUT2D eigenvalue weighted by Crippen LogP contribution is 2.34. The lowest BCUT2D eigenvalue weighted by atomic mass is 9.90. The summed E-state index contributed by atoms with van der Waals surface area (Å²) in [7, 11) is 0. The Balaban J connectivity index is 1.27. The SMILES string of the molecule is c1ccc(C2CCN(c3nc(Nc4ccc5[nH]ncc5c4)c4sccc4n3)CC2)cc1. The number of rotatable bonds is 4. The van der Waals surface area contributed by atoms with Crippen molar-refractivity contribution in [1.82, 2.24) is 20.2 Å². The average Bonchev–Trinajstić information content (AvgIpc) is 3.49. The van der Waals surface area contributed by atoms with Gasteiger partial charge in [0, 0.05) is 24.2 Å². The number of thiophene rings is 1. The Morgan fingerprint density at radius 1 is 1.00 bits per heavy atom. The fourth-order valence-electron chi connectivity index (χ4n) is 4.37. The molecule has 0 unspecified atom stereocenters. The Morgan fingerprint density at radius 3 is 2.74 bits per heavy atom. The molecule has 31 heavy (non-hydrogen) atoms. The first-order valence-electron chi connectivity index (χ1n) is 10.6. The Hall–Kier alpha value is -3.45. The third-order valence-electron chi connectivity index (χ3n) is 6.04. The molecule has 0 saturated carbocycles. The van der Waals surface area contributed by atoms with E-state index in [1.807, 2.05) is 18.3 Å². The number of benzene rings is 2. The monoisotopic (exact) mass is 426 g/mol. The van der Waals surface area contributed by atoms with Crippen LogP contribution in [-0.2, 0) is 0 Å². The molecule has 1 saturated heterocycles. The molecule has 5 aromatic rings. The van der Waals surface area contributed by atoms with Crippen LogP contribution in [0.4, 0.5) is 17.5 Å². The number of fused-ring (bicyclic) bond motifs is 2. The van der Waals surface area contributed by atoms with Crippen molar-refractivity contribution in [2.45, 2.75) is 18.8 Å². The Kier molecular flexibility index (Phi) is 4.53. The average molecular weight is 427 g/mol. The summed E-state index contributed by atoms with van der Waals surface area (Å²) < 4.78 is 1.08. The van der Waals surface area contributed by atoms with Crippen LogP contribution in [0.5, 0.6) is 0 Å². The van der Waals surface area contributed by atoms with Gasteiger partial charge in [-0.05, 0) is 54.0 Å². The zero-order valence-corrected chi connectivity index (χ0v) is 17.8. The maximum Gasteiger partial charge on any atom is 0.227 e. The van der Waals surface area contributed by atoms with Gasteiger partial charge < -0.3 is 10.2 Å². The minimum absolute atomic E-state index is 0.613. The first kappa shape index (κ1) is 18.3. The number of anilines is 3. The number of nitrogens with one attached hydrogen (secondary N) is 2. The van der Waals surface area contributed by atoms with Gasteiger partial charge in [-0.3, -0.25) is 5.10 Å². The van der Waals surface area contributed by atoms with E-state index in [9.17, 15) is 0 Å². The van der Waals surface area contributed by atoms with Crippen LogP contribution in [-0.4, -0.2) is 33.3 Å². The normalized spacial score (nSPS) is 15.0. The molecule has 6 rings (SSSR count). The van der Waals surface area contributed by atoms with E-state index in [-0.39, 0.29) is 0 Å². The summed E-state index contributed by atoms with van der Waals surface area (Å²) in [5, 5.41) is 13.8. The van der Waals surface area contributed by atoms with Crippen LogP contribution >= 0.6 is 11.3 Å². The second kappa shape index (κ2) is 7.67. The molecule has 3 aromatic heterocycles. The molecule has 6 nitrogen and oxygen atoms in total. The molecule has 154 valence electrons. The van der Waals surface area contributed by atoms with Gasteiger partial charge in [0.05, 0.1) is 21.9 Å². The molecule has 0 amide bonds. The number of hydrogen-bond acceptors (Lipinski definition) is 6. The van der Waals surface area contributed by atoms with Gasteiger partial charge in [0.1, 0.15) is 0 Å². The smallest absolute Gasteiger partial charge is 0.227 e. The summed E-state index contributed by atoms with van der Waals surface area (Å²) in [6.07, 6.45) is 4.08. The van der Waals surface area contributed by atoms with Crippen LogP contribution in [0.1, 0.15) is 24.3 Å². The van der Waals surface area contributed by atoms with Crippen molar-refractivity contribution in [3.05, 3.63) is 71.7 Å². The topological polar surface area (TPSA) is 69.7 Å². The summed E-state index contributed by atoms with van der Waals surface area (Å²) in [6, 6.07) is 19.1. The zero-order valence-electron chi connectivity index (χ0n) is 17.0. The number of H-pyrrole nitrogens is 1. The fraction of sp³-hybridized carbons (Fsp3) is 0.208. The fourth-order valence-corrected chi connectivity index (χ4v) is 5.15. The van der Waals surface area contributed by atoms with Crippen LogP contribution < -0.4 is 10.2 Å². The van der Waals surface area contributed by atoms with Gasteiger partial charge in [-0.25, -0.2) is 4.98 Å². The molecule has 2 N–H and O–H groups in total. The number of nitrogens with zero attached hydrogens (tertiary/aromatic N) is 4. The third kappa shape index (κ3) is 3.51. The van der Waals surface area contributed by atoms with E-state index < -0.39 is 0 Å². The molecule has 0 spiro atoms. The van der Waals surface area contributed by atoms with Gasteiger partial charge in [-0.1, -0.05) is 30.3 Å². The number of piperidine rings is 1. The highest BCUT2D eigenvalue weighted by molar-refractivity contribution is 7.17. The van der Waals surface area contributed by atoms with Crippen LogP contribution in [0.3, 0.4) is 0 Å². The summed E-state index contributed by atoms with van der Waals surface area (Å²) in [6.45, 7) is 1.94. The van der Waals surface area contributed by atoms with Crippen LogP contribution in [0, 0.1) is 0 Å². The first-order valence-corrected chi connectivity index (χ1v) is 11.5. The van der Waals surface area contributed by atoms with Crippen LogP contribution in [0.15, 0.2) is 66.2 Å². The van der Waals surface area contributed by atoms with E-state index in [2.05, 4.69) is 68.3 Å². The molecule has 1 aliphatic heterocycles. The molecule has 2 aromatic carbocycles. The van der Waals surface area contributed by atoms with Crippen molar-refractivity contribution in [3.63, 3.8) is 0 Å². The van der Waals surface area contributed by atoms with E-state index in [0.717, 1.165) is 64.5 Å².